The van der Waals surface area contributed by atoms with Crippen molar-refractivity contribution in [2.24, 2.45) is 0 Å². The molecule has 126 valence electrons. The molecule has 0 aliphatic heterocycles. The molecule has 0 aliphatic rings. The quantitative estimate of drug-likeness (QED) is 0.370. The molecule has 0 aliphatic carbocycles. The van der Waals surface area contributed by atoms with Gasteiger partial charge in [0.15, 0.2) is 0 Å². The monoisotopic (exact) mass is 393 g/mol. The predicted octanol–water partition coefficient (Wildman–Crippen LogP) is 6.36. The maximum absolute atomic E-state index is 4.69. The van der Waals surface area contributed by atoms with Crippen molar-refractivity contribution < 1.29 is 0 Å². The van der Waals surface area contributed by atoms with E-state index in [9.17, 15) is 0 Å². The van der Waals surface area contributed by atoms with Gasteiger partial charge in [-0.05, 0) is 0 Å². The molecule has 1 nitrogen and oxygen atoms in total. The molecule has 4 rings (SSSR count). The van der Waals surface area contributed by atoms with Gasteiger partial charge in [-0.2, -0.15) is 0 Å². The molecule has 0 saturated carbocycles. The third-order valence-corrected chi connectivity index (χ3v) is 7.47. The number of fused-ring (bicyclic) bond motifs is 3. The van der Waals surface area contributed by atoms with E-state index in [-0.39, 0.29) is 0 Å². The van der Waals surface area contributed by atoms with E-state index in [2.05, 4.69) is 81.2 Å². The molecule has 2 aromatic carbocycles. The van der Waals surface area contributed by atoms with E-state index in [4.69, 9.17) is 0 Å². The van der Waals surface area contributed by atoms with Crippen LogP contribution in [0.3, 0.4) is 0 Å². The molecule has 2 heterocycles. The molecule has 4 aromatic rings. The fourth-order valence-corrected chi connectivity index (χ4v) is 5.86. The minimum atomic E-state index is 0.353. The van der Waals surface area contributed by atoms with Crippen molar-refractivity contribution in [2.75, 3.05) is 0 Å². The number of benzene rings is 2. The first kappa shape index (κ1) is 16.6. The molecule has 0 spiro atoms. The van der Waals surface area contributed by atoms with Gasteiger partial charge < -0.3 is 0 Å². The van der Waals surface area contributed by atoms with Gasteiger partial charge in [0, 0.05) is 0 Å². The molecular formula is C23H23NSe. The SMILES string of the molecule is CC(C)c1ccnc(-c2cccc3c2[se]c2ccc(C(C)C)cc23)c1. The van der Waals surface area contributed by atoms with E-state index >= 15 is 0 Å². The van der Waals surface area contributed by atoms with E-state index in [1.807, 2.05) is 6.20 Å². The van der Waals surface area contributed by atoms with Crippen LogP contribution in [0.4, 0.5) is 0 Å². The molecule has 0 unspecified atom stereocenters. The number of hydrogen-bond donors (Lipinski definition) is 0. The zero-order valence-corrected chi connectivity index (χ0v) is 16.9. The summed E-state index contributed by atoms with van der Waals surface area (Å²) in [6.45, 7) is 9.00. The van der Waals surface area contributed by atoms with Crippen molar-refractivity contribution in [3.63, 3.8) is 0 Å². The van der Waals surface area contributed by atoms with Gasteiger partial charge in [-0.25, -0.2) is 0 Å². The van der Waals surface area contributed by atoms with Crippen LogP contribution in [0.1, 0.15) is 50.7 Å². The second kappa shape index (κ2) is 6.44. The average molecular weight is 392 g/mol. The first-order valence-electron chi connectivity index (χ1n) is 8.96. The molecule has 2 heteroatoms. The van der Waals surface area contributed by atoms with Crippen LogP contribution in [0.25, 0.3) is 30.6 Å². The molecule has 0 saturated heterocycles. The number of hydrogen-bond acceptors (Lipinski definition) is 1. The van der Waals surface area contributed by atoms with Crippen molar-refractivity contribution in [1.82, 2.24) is 4.98 Å². The first-order chi connectivity index (χ1) is 12.0. The van der Waals surface area contributed by atoms with Crippen LogP contribution in [0.5, 0.6) is 0 Å². The van der Waals surface area contributed by atoms with Crippen LogP contribution in [0.15, 0.2) is 54.7 Å². The third kappa shape index (κ3) is 2.94. The second-order valence-electron chi connectivity index (χ2n) is 7.32. The van der Waals surface area contributed by atoms with Crippen molar-refractivity contribution in [3.8, 4) is 11.3 Å². The minimum absolute atomic E-state index is 0.353. The summed E-state index contributed by atoms with van der Waals surface area (Å²) in [6, 6.07) is 18.1. The Morgan fingerprint density at radius 1 is 0.800 bits per heavy atom. The fourth-order valence-electron chi connectivity index (χ4n) is 3.33. The van der Waals surface area contributed by atoms with Gasteiger partial charge in [0.2, 0.25) is 0 Å². The molecule has 0 bridgehead atoms. The molecule has 2 aromatic heterocycles. The van der Waals surface area contributed by atoms with Crippen molar-refractivity contribution in [2.45, 2.75) is 39.5 Å². The van der Waals surface area contributed by atoms with Gasteiger partial charge in [0.25, 0.3) is 0 Å². The Kier molecular flexibility index (Phi) is 4.27. The number of rotatable bonds is 3. The van der Waals surface area contributed by atoms with Gasteiger partial charge in [-0.1, -0.05) is 0 Å². The Bertz CT molecular complexity index is 1060. The van der Waals surface area contributed by atoms with Crippen LogP contribution in [-0.2, 0) is 0 Å². The Balaban J connectivity index is 1.97. The molecular weight excluding hydrogens is 369 g/mol. The van der Waals surface area contributed by atoms with Crippen molar-refractivity contribution >= 4 is 33.8 Å². The standard InChI is InChI=1S/C23H23NSe/c1-14(2)16-8-9-22-20(12-16)18-6-5-7-19(23(18)25-22)21-13-17(15(3)4)10-11-24-21/h5-15H,1-4H3. The van der Waals surface area contributed by atoms with Gasteiger partial charge in [0.1, 0.15) is 0 Å². The summed E-state index contributed by atoms with van der Waals surface area (Å²) >= 11 is 0.353. The fraction of sp³-hybridized carbons (Fsp3) is 0.261. The van der Waals surface area contributed by atoms with E-state index in [1.165, 1.54) is 36.0 Å². The summed E-state index contributed by atoms with van der Waals surface area (Å²) in [7, 11) is 0. The Morgan fingerprint density at radius 3 is 2.32 bits per heavy atom. The number of pyridine rings is 1. The summed E-state index contributed by atoms with van der Waals surface area (Å²) in [5.74, 6) is 1.09. The zero-order chi connectivity index (χ0) is 17.6. The summed E-state index contributed by atoms with van der Waals surface area (Å²) in [5.41, 5.74) is 5.20. The Morgan fingerprint density at radius 2 is 1.56 bits per heavy atom. The molecule has 0 radical (unpaired) electrons. The summed E-state index contributed by atoms with van der Waals surface area (Å²) in [5, 5.41) is 2.84. The van der Waals surface area contributed by atoms with Gasteiger partial charge in [-0.3, -0.25) is 0 Å². The van der Waals surface area contributed by atoms with Gasteiger partial charge >= 0.3 is 155 Å². The van der Waals surface area contributed by atoms with E-state index in [1.54, 1.807) is 0 Å². The predicted molar refractivity (Wildman–Crippen MR) is 110 cm³/mol. The van der Waals surface area contributed by atoms with Crippen LogP contribution >= 0.6 is 0 Å². The molecule has 0 fully saturated rings. The normalized spacial score (nSPS) is 11.9. The summed E-state index contributed by atoms with van der Waals surface area (Å²) in [4.78, 5) is 4.69. The van der Waals surface area contributed by atoms with Crippen LogP contribution in [0, 0.1) is 0 Å². The van der Waals surface area contributed by atoms with E-state index in [0.29, 0.717) is 26.3 Å². The third-order valence-electron chi connectivity index (χ3n) is 4.91. The summed E-state index contributed by atoms with van der Waals surface area (Å²) in [6.07, 6.45) is 1.95. The van der Waals surface area contributed by atoms with Crippen LogP contribution < -0.4 is 0 Å². The Labute approximate surface area is 155 Å². The van der Waals surface area contributed by atoms with Crippen molar-refractivity contribution in [3.05, 3.63) is 65.9 Å². The Hall–Kier alpha value is -1.89. The van der Waals surface area contributed by atoms with Gasteiger partial charge in [0.05, 0.1) is 0 Å². The second-order valence-corrected chi connectivity index (χ2v) is 9.53. The first-order valence-corrected chi connectivity index (χ1v) is 10.7. The average Bonchev–Trinajstić information content (AvgIpc) is 2.99. The van der Waals surface area contributed by atoms with Gasteiger partial charge in [-0.15, -0.1) is 0 Å². The topological polar surface area (TPSA) is 12.9 Å². The van der Waals surface area contributed by atoms with E-state index < -0.39 is 0 Å². The molecule has 0 atom stereocenters. The maximum atomic E-state index is 4.69. The van der Waals surface area contributed by atoms with Crippen LogP contribution in [-0.4, -0.2) is 19.5 Å². The van der Waals surface area contributed by atoms with E-state index in [0.717, 1.165) is 5.69 Å². The molecule has 0 N–H and O–H groups in total. The summed E-state index contributed by atoms with van der Waals surface area (Å²) < 4.78 is 2.98. The van der Waals surface area contributed by atoms with Crippen molar-refractivity contribution in [1.29, 1.82) is 0 Å². The number of nitrogens with zero attached hydrogens (tertiary/aromatic N) is 1. The number of aromatic nitrogens is 1. The molecule has 0 amide bonds. The zero-order valence-electron chi connectivity index (χ0n) is 15.2. The van der Waals surface area contributed by atoms with Crippen LogP contribution in [0.2, 0.25) is 0 Å². The molecule has 25 heavy (non-hydrogen) atoms.